The molecule has 100 valence electrons. The lowest BCUT2D eigenvalue weighted by atomic mass is 9.58. The van der Waals surface area contributed by atoms with Crippen LogP contribution in [0.4, 0.5) is 0 Å². The number of rotatable bonds is 4. The predicted octanol–water partition coefficient (Wildman–Crippen LogP) is 4.23. The van der Waals surface area contributed by atoms with E-state index in [0.717, 1.165) is 22.7 Å². The van der Waals surface area contributed by atoms with E-state index in [1.807, 2.05) is 12.4 Å². The molecule has 1 nitrogen and oxygen atoms in total. The third-order valence-electron chi connectivity index (χ3n) is 7.24. The first-order valence-electron chi connectivity index (χ1n) is 8.20. The van der Waals surface area contributed by atoms with Gasteiger partial charge in [-0.25, -0.2) is 0 Å². The second kappa shape index (κ2) is 3.42. The van der Waals surface area contributed by atoms with Crippen LogP contribution >= 0.6 is 0 Å². The van der Waals surface area contributed by atoms with Crippen LogP contribution in [0.2, 0.25) is 0 Å². The molecule has 1 aromatic rings. The largest absolute Gasteiger partial charge is 0.264 e. The van der Waals surface area contributed by atoms with Gasteiger partial charge in [0.2, 0.25) is 0 Å². The molecule has 0 amide bonds. The third kappa shape index (κ3) is 1.29. The number of hydrogen-bond donors (Lipinski definition) is 0. The zero-order chi connectivity index (χ0) is 12.5. The summed E-state index contributed by atoms with van der Waals surface area (Å²) in [5.41, 5.74) is 3.12. The van der Waals surface area contributed by atoms with E-state index in [9.17, 15) is 0 Å². The van der Waals surface area contributed by atoms with E-state index < -0.39 is 0 Å². The average molecular weight is 253 g/mol. The first kappa shape index (κ1) is 10.9. The van der Waals surface area contributed by atoms with Crippen molar-refractivity contribution >= 4 is 0 Å². The molecule has 1 aromatic heterocycles. The van der Waals surface area contributed by atoms with Crippen LogP contribution in [0.15, 0.2) is 24.5 Å². The SMILES string of the molecule is c1cncc(CCCC23CC4CC5CC2(C3)C5C4)c1. The molecule has 5 rings (SSSR count). The maximum absolute atomic E-state index is 4.23. The summed E-state index contributed by atoms with van der Waals surface area (Å²) >= 11 is 0. The molecule has 19 heavy (non-hydrogen) atoms. The first-order valence-corrected chi connectivity index (χ1v) is 8.20. The summed E-state index contributed by atoms with van der Waals surface area (Å²) in [6, 6.07) is 4.31. The summed E-state index contributed by atoms with van der Waals surface area (Å²) < 4.78 is 0. The highest BCUT2D eigenvalue weighted by atomic mass is 14.8. The molecule has 1 heteroatoms. The minimum Gasteiger partial charge on any atom is -0.264 e. The van der Waals surface area contributed by atoms with E-state index >= 15 is 0 Å². The molecule has 4 aliphatic rings. The summed E-state index contributed by atoms with van der Waals surface area (Å²) in [7, 11) is 0. The summed E-state index contributed by atoms with van der Waals surface area (Å²) in [5, 5.41) is 0. The fourth-order valence-electron chi connectivity index (χ4n) is 6.59. The Bertz CT molecular complexity index is 510. The molecule has 5 unspecified atom stereocenters. The quantitative estimate of drug-likeness (QED) is 0.782. The van der Waals surface area contributed by atoms with Gasteiger partial charge < -0.3 is 0 Å². The number of fused-ring (bicyclic) bond motifs is 1. The number of aryl methyl sites for hydroxylation is 1. The average Bonchev–Trinajstić information content (AvgIpc) is 3.01. The molecule has 4 saturated carbocycles. The van der Waals surface area contributed by atoms with Crippen molar-refractivity contribution in [3.8, 4) is 0 Å². The highest BCUT2D eigenvalue weighted by Crippen LogP contribution is 2.88. The Morgan fingerprint density at radius 2 is 2.26 bits per heavy atom. The van der Waals surface area contributed by atoms with Gasteiger partial charge in [0.25, 0.3) is 0 Å². The van der Waals surface area contributed by atoms with Crippen molar-refractivity contribution in [3.63, 3.8) is 0 Å². The van der Waals surface area contributed by atoms with Gasteiger partial charge >= 0.3 is 0 Å². The van der Waals surface area contributed by atoms with E-state index in [1.54, 1.807) is 32.1 Å². The van der Waals surface area contributed by atoms with Crippen LogP contribution in [0.5, 0.6) is 0 Å². The van der Waals surface area contributed by atoms with Gasteiger partial charge in [0.15, 0.2) is 0 Å². The van der Waals surface area contributed by atoms with Gasteiger partial charge in [-0.05, 0) is 91.6 Å². The molecule has 0 saturated heterocycles. The van der Waals surface area contributed by atoms with E-state index in [-0.39, 0.29) is 0 Å². The number of hydrogen-bond acceptors (Lipinski definition) is 1. The molecule has 4 fully saturated rings. The first-order chi connectivity index (χ1) is 9.31. The molecule has 0 radical (unpaired) electrons. The standard InChI is InChI=1S/C18H23N/c1(3-13-4-2-6-19-11-13)5-17-9-14-7-15-10-18(17,12-17)16(15)8-14/h2,4,6,11,14-16H,1,3,5,7-10,12H2. The minimum atomic E-state index is 0.815. The lowest BCUT2D eigenvalue weighted by molar-refractivity contribution is 0.0185. The monoisotopic (exact) mass is 253 g/mol. The highest BCUT2D eigenvalue weighted by molar-refractivity contribution is 5.29. The van der Waals surface area contributed by atoms with E-state index in [0.29, 0.717) is 0 Å². The van der Waals surface area contributed by atoms with Crippen LogP contribution in [0.25, 0.3) is 0 Å². The fourth-order valence-corrected chi connectivity index (χ4v) is 6.59. The van der Waals surface area contributed by atoms with Crippen LogP contribution in [0.1, 0.15) is 50.5 Å². The smallest absolute Gasteiger partial charge is 0.0299 e. The normalized spacial score (nSPS) is 48.5. The molecule has 0 N–H and O–H groups in total. The Morgan fingerprint density at radius 1 is 1.26 bits per heavy atom. The summed E-state index contributed by atoms with van der Waals surface area (Å²) in [6.07, 6.45) is 16.1. The molecular weight excluding hydrogens is 230 g/mol. The van der Waals surface area contributed by atoms with Crippen molar-refractivity contribution < 1.29 is 0 Å². The van der Waals surface area contributed by atoms with Gasteiger partial charge in [0, 0.05) is 12.4 Å². The molecular formula is C18H23N. The molecule has 2 bridgehead atoms. The number of aromatic nitrogens is 1. The predicted molar refractivity (Wildman–Crippen MR) is 75.6 cm³/mol. The lowest BCUT2D eigenvalue weighted by Crippen LogP contribution is -2.40. The van der Waals surface area contributed by atoms with Crippen molar-refractivity contribution in [3.05, 3.63) is 30.1 Å². The van der Waals surface area contributed by atoms with E-state index in [2.05, 4.69) is 17.1 Å². The zero-order valence-electron chi connectivity index (χ0n) is 11.6. The van der Waals surface area contributed by atoms with Crippen molar-refractivity contribution in [2.45, 2.75) is 51.4 Å². The maximum Gasteiger partial charge on any atom is 0.0299 e. The van der Waals surface area contributed by atoms with Crippen molar-refractivity contribution in [2.75, 3.05) is 0 Å². The Balaban J connectivity index is 1.27. The van der Waals surface area contributed by atoms with Crippen LogP contribution in [-0.4, -0.2) is 4.98 Å². The van der Waals surface area contributed by atoms with Gasteiger partial charge in [-0.3, -0.25) is 4.98 Å². The second-order valence-corrected chi connectivity index (χ2v) is 7.94. The Kier molecular flexibility index (Phi) is 1.96. The van der Waals surface area contributed by atoms with Crippen LogP contribution in [0, 0.1) is 28.6 Å². The second-order valence-electron chi connectivity index (χ2n) is 7.94. The summed E-state index contributed by atoms with van der Waals surface area (Å²) in [6.45, 7) is 0. The highest BCUT2D eigenvalue weighted by Gasteiger charge is 2.79. The fraction of sp³-hybridized carbons (Fsp3) is 0.722. The zero-order valence-corrected chi connectivity index (χ0v) is 11.6. The Morgan fingerprint density at radius 3 is 3.16 bits per heavy atom. The van der Waals surface area contributed by atoms with Gasteiger partial charge in [0.1, 0.15) is 0 Å². The maximum atomic E-state index is 4.23. The van der Waals surface area contributed by atoms with Crippen LogP contribution in [0.3, 0.4) is 0 Å². The van der Waals surface area contributed by atoms with Crippen molar-refractivity contribution in [2.24, 2.45) is 28.6 Å². The van der Waals surface area contributed by atoms with Crippen molar-refractivity contribution in [1.29, 1.82) is 0 Å². The molecule has 0 aliphatic heterocycles. The lowest BCUT2D eigenvalue weighted by Gasteiger charge is -2.47. The van der Waals surface area contributed by atoms with Gasteiger partial charge in [-0.1, -0.05) is 6.07 Å². The third-order valence-corrected chi connectivity index (χ3v) is 7.24. The number of nitrogens with zero attached hydrogens (tertiary/aromatic N) is 1. The topological polar surface area (TPSA) is 12.9 Å². The summed E-state index contributed by atoms with van der Waals surface area (Å²) in [4.78, 5) is 4.23. The Hall–Kier alpha value is -0.850. The van der Waals surface area contributed by atoms with E-state index in [1.165, 1.54) is 30.7 Å². The summed E-state index contributed by atoms with van der Waals surface area (Å²) in [5.74, 6) is 3.45. The number of pyridine rings is 1. The molecule has 1 heterocycles. The Labute approximate surface area is 115 Å². The van der Waals surface area contributed by atoms with Gasteiger partial charge in [0.05, 0.1) is 0 Å². The van der Waals surface area contributed by atoms with Crippen LogP contribution in [-0.2, 0) is 6.42 Å². The molecule has 1 spiro atoms. The molecule has 4 aliphatic carbocycles. The molecule has 0 aromatic carbocycles. The van der Waals surface area contributed by atoms with E-state index in [4.69, 9.17) is 0 Å². The molecule has 5 atom stereocenters. The van der Waals surface area contributed by atoms with Gasteiger partial charge in [-0.15, -0.1) is 0 Å². The van der Waals surface area contributed by atoms with Crippen LogP contribution < -0.4 is 0 Å². The minimum absolute atomic E-state index is 0.815. The van der Waals surface area contributed by atoms with Gasteiger partial charge in [-0.2, -0.15) is 0 Å². The van der Waals surface area contributed by atoms with Crippen molar-refractivity contribution in [1.82, 2.24) is 4.98 Å².